The minimum atomic E-state index is 0. The molecular weight excluding hydrogens is 354 g/mol. The molecule has 0 amide bonds. The molecule has 0 spiro atoms. The van der Waals surface area contributed by atoms with Crippen LogP contribution in [0.4, 0.5) is 0 Å². The molecule has 0 fully saturated rings. The molecule has 0 unspecified atom stereocenters. The van der Waals surface area contributed by atoms with Crippen LogP contribution < -0.4 is 9.47 Å². The van der Waals surface area contributed by atoms with E-state index in [-0.39, 0.29) is 12.4 Å². The first-order chi connectivity index (χ1) is 11.8. The smallest absolute Gasteiger partial charge is 0.161 e. The summed E-state index contributed by atoms with van der Waals surface area (Å²) in [6, 6.07) is 12.8. The molecule has 128 valence electrons. The Labute approximate surface area is 156 Å². The van der Waals surface area contributed by atoms with E-state index in [2.05, 4.69) is 34.6 Å². The lowest BCUT2D eigenvalue weighted by atomic mass is 10.00. The van der Waals surface area contributed by atoms with Crippen LogP contribution in [0.25, 0.3) is 20.9 Å². The summed E-state index contributed by atoms with van der Waals surface area (Å²) in [7, 11) is 3.31. The van der Waals surface area contributed by atoms with Gasteiger partial charge in [-0.2, -0.15) is 0 Å². The quantitative estimate of drug-likeness (QED) is 0.476. The van der Waals surface area contributed by atoms with E-state index < -0.39 is 0 Å². The van der Waals surface area contributed by atoms with E-state index in [1.165, 1.54) is 21.2 Å². The molecule has 0 aliphatic rings. The Bertz CT molecular complexity index is 1030. The van der Waals surface area contributed by atoms with Crippen molar-refractivity contribution in [2.45, 2.75) is 6.42 Å². The number of methoxy groups -OCH3 is 2. The largest absolute Gasteiger partial charge is 0.493 e. The van der Waals surface area contributed by atoms with Gasteiger partial charge < -0.3 is 9.47 Å². The maximum atomic E-state index is 5.45. The summed E-state index contributed by atoms with van der Waals surface area (Å²) >= 11 is 1.77. The van der Waals surface area contributed by atoms with E-state index in [9.17, 15) is 0 Å². The normalized spacial score (nSPS) is 10.6. The van der Waals surface area contributed by atoms with Crippen molar-refractivity contribution in [3.05, 3.63) is 65.3 Å². The van der Waals surface area contributed by atoms with Crippen LogP contribution in [-0.4, -0.2) is 19.2 Å². The monoisotopic (exact) mass is 371 g/mol. The van der Waals surface area contributed by atoms with Crippen molar-refractivity contribution < 1.29 is 9.47 Å². The molecule has 0 saturated heterocycles. The van der Waals surface area contributed by atoms with Gasteiger partial charge in [-0.1, -0.05) is 6.07 Å². The number of halogens is 1. The molecule has 0 bridgehead atoms. The first-order valence-electron chi connectivity index (χ1n) is 7.73. The Morgan fingerprint density at radius 2 is 1.72 bits per heavy atom. The van der Waals surface area contributed by atoms with E-state index in [4.69, 9.17) is 9.47 Å². The molecule has 2 aromatic carbocycles. The lowest BCUT2D eigenvalue weighted by molar-refractivity contribution is 0.356. The number of thiophene rings is 1. The van der Waals surface area contributed by atoms with Crippen LogP contribution in [0.5, 0.6) is 11.5 Å². The minimum Gasteiger partial charge on any atom is -0.493 e. The lowest BCUT2D eigenvalue weighted by Crippen LogP contribution is -1.95. The van der Waals surface area contributed by atoms with Gasteiger partial charge in [-0.3, -0.25) is 4.98 Å². The number of pyridine rings is 1. The fourth-order valence-electron chi connectivity index (χ4n) is 3.04. The Kier molecular flexibility index (Phi) is 5.11. The first kappa shape index (κ1) is 17.5. The topological polar surface area (TPSA) is 31.4 Å². The van der Waals surface area contributed by atoms with Crippen LogP contribution in [0.1, 0.15) is 11.1 Å². The number of benzene rings is 2. The molecule has 0 aliphatic carbocycles. The summed E-state index contributed by atoms with van der Waals surface area (Å²) in [6.07, 6.45) is 4.64. The number of aromatic nitrogens is 1. The third-order valence-corrected chi connectivity index (χ3v) is 5.15. The van der Waals surface area contributed by atoms with Crippen molar-refractivity contribution in [3.8, 4) is 11.5 Å². The molecule has 2 aromatic heterocycles. The number of ether oxygens (including phenoxy) is 2. The van der Waals surface area contributed by atoms with E-state index >= 15 is 0 Å². The molecule has 0 aliphatic heterocycles. The summed E-state index contributed by atoms with van der Waals surface area (Å²) in [6.45, 7) is 0. The number of hydrogen-bond donors (Lipinski definition) is 0. The van der Waals surface area contributed by atoms with E-state index in [1.807, 2.05) is 24.5 Å². The Balaban J connectivity index is 0.00000182. The highest BCUT2D eigenvalue weighted by atomic mass is 35.5. The van der Waals surface area contributed by atoms with Gasteiger partial charge in [0.2, 0.25) is 0 Å². The molecule has 4 aromatic rings. The highest BCUT2D eigenvalue weighted by Crippen LogP contribution is 2.34. The minimum absolute atomic E-state index is 0. The standard InChI is InChI=1S/C20H17NO2S.ClH/c1-22-18-9-16-12-21-11-15(17(16)10-19(18)23-2)8-13-3-4-20-14(7-13)5-6-24-20;/h3-7,9-12H,8H2,1-2H3;1H. The van der Waals surface area contributed by atoms with Crippen molar-refractivity contribution in [2.75, 3.05) is 14.2 Å². The first-order valence-corrected chi connectivity index (χ1v) is 8.61. The zero-order valence-corrected chi connectivity index (χ0v) is 15.6. The van der Waals surface area contributed by atoms with Crippen molar-refractivity contribution in [2.24, 2.45) is 0 Å². The van der Waals surface area contributed by atoms with Gasteiger partial charge >= 0.3 is 0 Å². The second-order valence-electron chi connectivity index (χ2n) is 5.70. The predicted octanol–water partition coefficient (Wildman–Crippen LogP) is 5.48. The Morgan fingerprint density at radius 3 is 2.52 bits per heavy atom. The molecule has 2 heterocycles. The molecule has 0 atom stereocenters. The number of fused-ring (bicyclic) bond motifs is 2. The van der Waals surface area contributed by atoms with Crippen molar-refractivity contribution >= 4 is 44.6 Å². The lowest BCUT2D eigenvalue weighted by Gasteiger charge is -2.12. The molecule has 3 nitrogen and oxygen atoms in total. The van der Waals surface area contributed by atoms with Crippen LogP contribution in [0.15, 0.2) is 54.2 Å². The van der Waals surface area contributed by atoms with E-state index in [1.54, 1.807) is 25.6 Å². The van der Waals surface area contributed by atoms with Gasteiger partial charge in [-0.15, -0.1) is 23.7 Å². The summed E-state index contributed by atoms with van der Waals surface area (Å²) in [5.41, 5.74) is 2.47. The highest BCUT2D eigenvalue weighted by molar-refractivity contribution is 7.17. The zero-order chi connectivity index (χ0) is 16.5. The summed E-state index contributed by atoms with van der Waals surface area (Å²) in [5, 5.41) is 5.63. The molecular formula is C20H18ClNO2S. The van der Waals surface area contributed by atoms with E-state index in [0.717, 1.165) is 28.7 Å². The summed E-state index contributed by atoms with van der Waals surface area (Å²) < 4.78 is 12.2. The maximum Gasteiger partial charge on any atom is 0.161 e. The molecule has 5 heteroatoms. The van der Waals surface area contributed by atoms with Gasteiger partial charge in [0.15, 0.2) is 11.5 Å². The van der Waals surface area contributed by atoms with Crippen molar-refractivity contribution in [1.29, 1.82) is 0 Å². The Hall–Kier alpha value is -2.30. The average molecular weight is 372 g/mol. The fraction of sp³-hybridized carbons (Fsp3) is 0.150. The average Bonchev–Trinajstić information content (AvgIpc) is 3.08. The maximum absolute atomic E-state index is 5.45. The van der Waals surface area contributed by atoms with Gasteiger partial charge in [0.25, 0.3) is 0 Å². The van der Waals surface area contributed by atoms with Crippen LogP contribution in [0, 0.1) is 0 Å². The number of nitrogens with zero attached hydrogens (tertiary/aromatic N) is 1. The van der Waals surface area contributed by atoms with Gasteiger partial charge in [-0.25, -0.2) is 0 Å². The van der Waals surface area contributed by atoms with Crippen molar-refractivity contribution in [1.82, 2.24) is 4.98 Å². The van der Waals surface area contributed by atoms with Gasteiger partial charge in [-0.05, 0) is 64.0 Å². The Morgan fingerprint density at radius 1 is 0.920 bits per heavy atom. The second kappa shape index (κ2) is 7.30. The van der Waals surface area contributed by atoms with Crippen LogP contribution in [-0.2, 0) is 6.42 Å². The highest BCUT2D eigenvalue weighted by Gasteiger charge is 2.10. The molecule has 0 N–H and O–H groups in total. The van der Waals surface area contributed by atoms with E-state index in [0.29, 0.717) is 0 Å². The summed E-state index contributed by atoms with van der Waals surface area (Å²) in [5.74, 6) is 1.47. The van der Waals surface area contributed by atoms with Crippen LogP contribution in [0.3, 0.4) is 0 Å². The van der Waals surface area contributed by atoms with Crippen LogP contribution in [0.2, 0.25) is 0 Å². The van der Waals surface area contributed by atoms with Crippen molar-refractivity contribution in [3.63, 3.8) is 0 Å². The zero-order valence-electron chi connectivity index (χ0n) is 14.0. The molecule has 0 radical (unpaired) electrons. The molecule has 25 heavy (non-hydrogen) atoms. The molecule has 4 rings (SSSR count). The third-order valence-electron chi connectivity index (χ3n) is 4.26. The van der Waals surface area contributed by atoms with Crippen LogP contribution >= 0.6 is 23.7 Å². The SMILES string of the molecule is COc1cc2cncc(Cc3ccc4sccc4c3)c2cc1OC.Cl. The fourth-order valence-corrected chi connectivity index (χ4v) is 3.81. The predicted molar refractivity (Wildman–Crippen MR) is 107 cm³/mol. The summed E-state index contributed by atoms with van der Waals surface area (Å²) in [4.78, 5) is 4.40. The molecule has 0 saturated carbocycles. The number of rotatable bonds is 4. The third kappa shape index (κ3) is 3.28. The second-order valence-corrected chi connectivity index (χ2v) is 6.64. The van der Waals surface area contributed by atoms with Gasteiger partial charge in [0.1, 0.15) is 0 Å². The van der Waals surface area contributed by atoms with Gasteiger partial charge in [0, 0.05) is 22.5 Å². The number of hydrogen-bond acceptors (Lipinski definition) is 4. The van der Waals surface area contributed by atoms with Gasteiger partial charge in [0.05, 0.1) is 14.2 Å².